The third kappa shape index (κ3) is 4.23. The van der Waals surface area contributed by atoms with E-state index in [2.05, 4.69) is 5.32 Å². The number of benzene rings is 1. The van der Waals surface area contributed by atoms with E-state index in [1.165, 1.54) is 40.1 Å². The Kier molecular flexibility index (Phi) is 5.64. The topological polar surface area (TPSA) is 75.7 Å². The number of nitrogens with one attached hydrogen (secondary N) is 1. The molecule has 128 valence electrons. The molecule has 6 nitrogen and oxygen atoms in total. The van der Waals surface area contributed by atoms with Gasteiger partial charge in [0.25, 0.3) is 0 Å². The molecular weight excluding hydrogens is 316 g/mol. The van der Waals surface area contributed by atoms with Crippen LogP contribution in [0.5, 0.6) is 5.75 Å². The van der Waals surface area contributed by atoms with Crippen LogP contribution in [0.1, 0.15) is 32.1 Å². The Labute approximate surface area is 137 Å². The first-order valence-electron chi connectivity index (χ1n) is 7.75. The predicted octanol–water partition coefficient (Wildman–Crippen LogP) is 2.46. The van der Waals surface area contributed by atoms with Crippen molar-refractivity contribution in [2.45, 2.75) is 37.0 Å². The van der Waals surface area contributed by atoms with Crippen LogP contribution in [0.4, 0.5) is 5.69 Å². The summed E-state index contributed by atoms with van der Waals surface area (Å²) in [5, 5.41) is 2.79. The molecule has 1 amide bonds. The number of anilines is 1. The van der Waals surface area contributed by atoms with Gasteiger partial charge >= 0.3 is 0 Å². The summed E-state index contributed by atoms with van der Waals surface area (Å²) in [6.07, 6.45) is 5.05. The highest BCUT2D eigenvalue weighted by Crippen LogP contribution is 2.30. The van der Waals surface area contributed by atoms with Crippen LogP contribution >= 0.6 is 0 Å². The highest BCUT2D eigenvalue weighted by atomic mass is 32.2. The Bertz CT molecular complexity index is 665. The summed E-state index contributed by atoms with van der Waals surface area (Å²) in [7, 11) is 0.693. The van der Waals surface area contributed by atoms with Crippen molar-refractivity contribution >= 4 is 21.6 Å². The van der Waals surface area contributed by atoms with Gasteiger partial charge in [-0.3, -0.25) is 4.79 Å². The van der Waals surface area contributed by atoms with E-state index in [-0.39, 0.29) is 16.6 Å². The first kappa shape index (κ1) is 17.7. The van der Waals surface area contributed by atoms with Gasteiger partial charge in [0, 0.05) is 26.2 Å². The van der Waals surface area contributed by atoms with E-state index < -0.39 is 10.0 Å². The van der Waals surface area contributed by atoms with Crippen LogP contribution in [0.2, 0.25) is 0 Å². The summed E-state index contributed by atoms with van der Waals surface area (Å²) in [6.45, 7) is 0. The van der Waals surface area contributed by atoms with Gasteiger partial charge in [0.2, 0.25) is 15.9 Å². The van der Waals surface area contributed by atoms with Crippen molar-refractivity contribution in [2.75, 3.05) is 26.5 Å². The maximum Gasteiger partial charge on any atom is 0.246 e. The lowest BCUT2D eigenvalue weighted by molar-refractivity contribution is -0.117. The minimum atomic E-state index is -3.64. The standard InChI is InChI=1S/C16H24N2O4S/c1-18(2)23(20,21)15-11-13(8-9-14(15)22-3)17-16(19)10-12-6-4-5-7-12/h8-9,11-12H,4-7,10H2,1-3H3,(H,17,19). The van der Waals surface area contributed by atoms with Crippen molar-refractivity contribution in [1.82, 2.24) is 4.31 Å². The van der Waals surface area contributed by atoms with E-state index in [1.807, 2.05) is 0 Å². The minimum Gasteiger partial charge on any atom is -0.495 e. The van der Waals surface area contributed by atoms with Crippen molar-refractivity contribution in [2.24, 2.45) is 5.92 Å². The van der Waals surface area contributed by atoms with Crippen LogP contribution < -0.4 is 10.1 Å². The molecule has 0 radical (unpaired) electrons. The number of rotatable bonds is 6. The Morgan fingerprint density at radius 2 is 1.96 bits per heavy atom. The fraction of sp³-hybridized carbons (Fsp3) is 0.562. The highest BCUT2D eigenvalue weighted by molar-refractivity contribution is 7.89. The summed E-state index contributed by atoms with van der Waals surface area (Å²) in [5.41, 5.74) is 0.467. The second-order valence-corrected chi connectivity index (χ2v) is 8.18. The molecule has 0 aromatic heterocycles. The zero-order chi connectivity index (χ0) is 17.0. The second kappa shape index (κ2) is 7.31. The maximum atomic E-state index is 12.4. The number of carbonyl (C=O) groups is 1. The minimum absolute atomic E-state index is 0.0451. The van der Waals surface area contributed by atoms with Gasteiger partial charge in [-0.1, -0.05) is 12.8 Å². The predicted molar refractivity (Wildman–Crippen MR) is 89.1 cm³/mol. The number of hydrogen-bond donors (Lipinski definition) is 1. The number of nitrogens with zero attached hydrogens (tertiary/aromatic N) is 1. The van der Waals surface area contributed by atoms with Crippen molar-refractivity contribution in [3.8, 4) is 5.75 Å². The zero-order valence-electron chi connectivity index (χ0n) is 13.8. The van der Waals surface area contributed by atoms with Crippen molar-refractivity contribution in [3.05, 3.63) is 18.2 Å². The molecule has 0 unspecified atom stereocenters. The molecule has 0 saturated heterocycles. The normalized spacial score (nSPS) is 15.8. The summed E-state index contributed by atoms with van der Waals surface area (Å²) in [6, 6.07) is 4.66. The second-order valence-electron chi connectivity index (χ2n) is 6.06. The number of sulfonamides is 1. The molecule has 1 N–H and O–H groups in total. The number of ether oxygens (including phenoxy) is 1. The lowest BCUT2D eigenvalue weighted by Gasteiger charge is -2.16. The molecule has 1 aliphatic carbocycles. The lowest BCUT2D eigenvalue weighted by Crippen LogP contribution is -2.23. The molecule has 0 heterocycles. The summed E-state index contributed by atoms with van der Waals surface area (Å²) >= 11 is 0. The van der Waals surface area contributed by atoms with Crippen LogP contribution in [0.3, 0.4) is 0 Å². The third-order valence-electron chi connectivity index (χ3n) is 4.15. The van der Waals surface area contributed by atoms with Gasteiger partial charge < -0.3 is 10.1 Å². The zero-order valence-corrected chi connectivity index (χ0v) is 14.6. The highest BCUT2D eigenvalue weighted by Gasteiger charge is 2.23. The van der Waals surface area contributed by atoms with Gasteiger partial charge in [-0.05, 0) is 37.0 Å². The van der Waals surface area contributed by atoms with E-state index in [1.54, 1.807) is 12.1 Å². The molecular formula is C16H24N2O4S. The van der Waals surface area contributed by atoms with E-state index in [9.17, 15) is 13.2 Å². The van der Waals surface area contributed by atoms with Crippen molar-refractivity contribution in [3.63, 3.8) is 0 Å². The quantitative estimate of drug-likeness (QED) is 0.863. The van der Waals surface area contributed by atoms with Crippen molar-refractivity contribution in [1.29, 1.82) is 0 Å². The van der Waals surface area contributed by atoms with Gasteiger partial charge in [0.15, 0.2) is 0 Å². The van der Waals surface area contributed by atoms with Gasteiger partial charge in [-0.15, -0.1) is 0 Å². The summed E-state index contributed by atoms with van der Waals surface area (Å²) in [5.74, 6) is 0.626. The van der Waals surface area contributed by atoms with Gasteiger partial charge in [-0.2, -0.15) is 0 Å². The van der Waals surface area contributed by atoms with Crippen molar-refractivity contribution < 1.29 is 17.9 Å². The summed E-state index contributed by atoms with van der Waals surface area (Å²) < 4.78 is 31.0. The Morgan fingerprint density at radius 3 is 2.52 bits per heavy atom. The number of hydrogen-bond acceptors (Lipinski definition) is 4. The molecule has 2 rings (SSSR count). The average Bonchev–Trinajstić information content (AvgIpc) is 2.99. The Morgan fingerprint density at radius 1 is 1.30 bits per heavy atom. The molecule has 1 aliphatic rings. The van der Waals surface area contributed by atoms with Crippen LogP contribution in [0, 0.1) is 5.92 Å². The van der Waals surface area contributed by atoms with Gasteiger partial charge in [-0.25, -0.2) is 12.7 Å². The fourth-order valence-electron chi connectivity index (χ4n) is 2.84. The Hall–Kier alpha value is -1.60. The molecule has 7 heteroatoms. The van der Waals surface area contributed by atoms with Gasteiger partial charge in [0.1, 0.15) is 10.6 Å². The molecule has 1 aromatic rings. The first-order valence-corrected chi connectivity index (χ1v) is 9.19. The van der Waals surface area contributed by atoms with E-state index >= 15 is 0 Å². The summed E-state index contributed by atoms with van der Waals surface area (Å²) in [4.78, 5) is 12.2. The number of carbonyl (C=O) groups excluding carboxylic acids is 1. The van der Waals surface area contributed by atoms with E-state index in [0.717, 1.165) is 17.1 Å². The molecule has 23 heavy (non-hydrogen) atoms. The molecule has 0 aliphatic heterocycles. The lowest BCUT2D eigenvalue weighted by atomic mass is 10.0. The van der Waals surface area contributed by atoms with Crippen LogP contribution in [0.25, 0.3) is 0 Å². The SMILES string of the molecule is COc1ccc(NC(=O)CC2CCCC2)cc1S(=O)(=O)N(C)C. The van der Waals surface area contributed by atoms with Crippen LogP contribution in [-0.4, -0.2) is 39.8 Å². The Balaban J connectivity index is 2.18. The molecule has 0 spiro atoms. The van der Waals surface area contributed by atoms with E-state index in [0.29, 0.717) is 18.0 Å². The third-order valence-corrected chi connectivity index (χ3v) is 5.99. The first-order chi connectivity index (χ1) is 10.8. The monoisotopic (exact) mass is 340 g/mol. The maximum absolute atomic E-state index is 12.4. The van der Waals surface area contributed by atoms with Crippen LogP contribution in [-0.2, 0) is 14.8 Å². The smallest absolute Gasteiger partial charge is 0.246 e. The van der Waals surface area contributed by atoms with Crippen LogP contribution in [0.15, 0.2) is 23.1 Å². The largest absolute Gasteiger partial charge is 0.495 e. The fourth-order valence-corrected chi connectivity index (χ4v) is 3.92. The molecule has 0 bridgehead atoms. The number of amides is 1. The van der Waals surface area contributed by atoms with E-state index in [4.69, 9.17) is 4.74 Å². The average molecular weight is 340 g/mol. The molecule has 1 saturated carbocycles. The molecule has 1 aromatic carbocycles. The van der Waals surface area contributed by atoms with Gasteiger partial charge in [0.05, 0.1) is 7.11 Å². The molecule has 0 atom stereocenters. The molecule has 1 fully saturated rings. The number of methoxy groups -OCH3 is 1.